The minimum atomic E-state index is -0.873. The highest BCUT2D eigenvalue weighted by Gasteiger charge is 2.49. The summed E-state index contributed by atoms with van der Waals surface area (Å²) in [6, 6.07) is 0. The lowest BCUT2D eigenvalue weighted by Crippen LogP contribution is -2.40. The molecule has 0 aromatic carbocycles. The average molecular weight is 330 g/mol. The summed E-state index contributed by atoms with van der Waals surface area (Å²) in [6.45, 7) is 5.14. The van der Waals surface area contributed by atoms with E-state index in [9.17, 15) is 19.2 Å². The SMILES string of the molecule is CC(=O)OCC[C@H]1C[C@@H](OC(C)=O)[C@@H](OC(C)=O)[C@@H]1OC(C)=O. The zero-order valence-corrected chi connectivity index (χ0v) is 13.7. The number of ether oxygens (including phenoxy) is 4. The predicted octanol–water partition coefficient (Wildman–Crippen LogP) is 0.755. The molecule has 1 aliphatic rings. The van der Waals surface area contributed by atoms with E-state index >= 15 is 0 Å². The van der Waals surface area contributed by atoms with Crippen molar-refractivity contribution in [2.75, 3.05) is 6.61 Å². The number of hydrogen-bond donors (Lipinski definition) is 0. The van der Waals surface area contributed by atoms with Gasteiger partial charge in [0.15, 0.2) is 6.10 Å². The first-order valence-corrected chi connectivity index (χ1v) is 7.35. The summed E-state index contributed by atoms with van der Waals surface area (Å²) < 4.78 is 20.5. The molecular weight excluding hydrogens is 308 g/mol. The third kappa shape index (κ3) is 6.25. The van der Waals surface area contributed by atoms with Crippen LogP contribution in [0, 0.1) is 5.92 Å². The monoisotopic (exact) mass is 330 g/mol. The van der Waals surface area contributed by atoms with E-state index in [2.05, 4.69) is 0 Å². The molecule has 0 amide bonds. The Hall–Kier alpha value is -2.12. The van der Waals surface area contributed by atoms with E-state index in [0.29, 0.717) is 12.8 Å². The van der Waals surface area contributed by atoms with Gasteiger partial charge in [0.25, 0.3) is 0 Å². The molecule has 1 saturated carbocycles. The summed E-state index contributed by atoms with van der Waals surface area (Å²) in [6.07, 6.45) is -1.59. The highest BCUT2D eigenvalue weighted by atomic mass is 16.6. The highest BCUT2D eigenvalue weighted by molar-refractivity contribution is 5.68. The molecule has 0 unspecified atom stereocenters. The first kappa shape index (κ1) is 18.9. The van der Waals surface area contributed by atoms with Crippen LogP contribution in [0.1, 0.15) is 40.5 Å². The lowest BCUT2D eigenvalue weighted by atomic mass is 10.0. The molecule has 0 N–H and O–H groups in total. The maximum Gasteiger partial charge on any atom is 0.303 e. The Balaban J connectivity index is 2.88. The number of esters is 4. The van der Waals surface area contributed by atoms with Gasteiger partial charge in [-0.05, 0) is 12.8 Å². The van der Waals surface area contributed by atoms with Crippen molar-refractivity contribution in [2.24, 2.45) is 5.92 Å². The van der Waals surface area contributed by atoms with Crippen molar-refractivity contribution in [3.63, 3.8) is 0 Å². The van der Waals surface area contributed by atoms with Crippen molar-refractivity contribution < 1.29 is 38.1 Å². The van der Waals surface area contributed by atoms with E-state index in [1.165, 1.54) is 27.7 Å². The van der Waals surface area contributed by atoms with Crippen molar-refractivity contribution in [1.82, 2.24) is 0 Å². The Kier molecular flexibility index (Phi) is 6.99. The molecule has 0 aromatic rings. The summed E-state index contributed by atoms with van der Waals surface area (Å²) in [5.74, 6) is -2.29. The van der Waals surface area contributed by atoms with Crippen molar-refractivity contribution in [1.29, 1.82) is 0 Å². The van der Waals surface area contributed by atoms with Gasteiger partial charge in [0, 0.05) is 33.6 Å². The van der Waals surface area contributed by atoms with E-state index in [1.54, 1.807) is 0 Å². The van der Waals surface area contributed by atoms with Gasteiger partial charge in [-0.2, -0.15) is 0 Å². The highest BCUT2D eigenvalue weighted by Crippen LogP contribution is 2.36. The van der Waals surface area contributed by atoms with Crippen molar-refractivity contribution in [2.45, 2.75) is 58.8 Å². The van der Waals surface area contributed by atoms with Gasteiger partial charge in [0.05, 0.1) is 6.61 Å². The van der Waals surface area contributed by atoms with Crippen LogP contribution in [0.25, 0.3) is 0 Å². The molecule has 0 aliphatic heterocycles. The van der Waals surface area contributed by atoms with Gasteiger partial charge in [0.2, 0.25) is 0 Å². The number of hydrogen-bond acceptors (Lipinski definition) is 8. The average Bonchev–Trinajstić information content (AvgIpc) is 2.66. The second-order valence-corrected chi connectivity index (χ2v) is 5.42. The second kappa shape index (κ2) is 8.50. The zero-order valence-electron chi connectivity index (χ0n) is 13.7. The summed E-state index contributed by atoms with van der Waals surface area (Å²) in [5, 5.41) is 0. The molecule has 0 bridgehead atoms. The van der Waals surface area contributed by atoms with Crippen LogP contribution in [-0.4, -0.2) is 48.8 Å². The van der Waals surface area contributed by atoms with Crippen LogP contribution in [0.4, 0.5) is 0 Å². The van der Waals surface area contributed by atoms with Crippen LogP contribution in [0.3, 0.4) is 0 Å². The lowest BCUT2D eigenvalue weighted by molar-refractivity contribution is -0.175. The van der Waals surface area contributed by atoms with E-state index in [-0.39, 0.29) is 12.5 Å². The summed E-state index contributed by atoms with van der Waals surface area (Å²) >= 11 is 0. The number of carbonyl (C=O) groups is 4. The smallest absolute Gasteiger partial charge is 0.303 e. The molecule has 0 heterocycles. The Morgan fingerprint density at radius 3 is 1.78 bits per heavy atom. The molecule has 1 rings (SSSR count). The van der Waals surface area contributed by atoms with E-state index in [1.807, 2.05) is 0 Å². The normalized spacial score (nSPS) is 26.3. The first-order chi connectivity index (χ1) is 10.7. The van der Waals surface area contributed by atoms with Gasteiger partial charge in [-0.1, -0.05) is 0 Å². The molecule has 1 fully saturated rings. The van der Waals surface area contributed by atoms with Crippen LogP contribution in [0.5, 0.6) is 0 Å². The molecule has 130 valence electrons. The third-order valence-corrected chi connectivity index (χ3v) is 3.41. The van der Waals surface area contributed by atoms with Crippen LogP contribution in [-0.2, 0) is 38.1 Å². The van der Waals surface area contributed by atoms with Gasteiger partial charge in [-0.3, -0.25) is 19.2 Å². The first-order valence-electron chi connectivity index (χ1n) is 7.35. The Bertz CT molecular complexity index is 472. The largest absolute Gasteiger partial charge is 0.466 e. The number of rotatable bonds is 6. The standard InChI is InChI=1S/C15H22O8/c1-8(16)20-6-5-12-7-13(21-9(2)17)15(23-11(4)19)14(12)22-10(3)18/h12-15H,5-7H2,1-4H3/t12-,13+,14+,15+/m0/s1. The van der Waals surface area contributed by atoms with Crippen molar-refractivity contribution in [3.05, 3.63) is 0 Å². The minimum Gasteiger partial charge on any atom is -0.466 e. The molecule has 8 heteroatoms. The number of carbonyl (C=O) groups excluding carboxylic acids is 4. The van der Waals surface area contributed by atoms with Gasteiger partial charge in [-0.15, -0.1) is 0 Å². The van der Waals surface area contributed by atoms with Crippen molar-refractivity contribution >= 4 is 23.9 Å². The van der Waals surface area contributed by atoms with Crippen LogP contribution < -0.4 is 0 Å². The van der Waals surface area contributed by atoms with E-state index in [4.69, 9.17) is 18.9 Å². The fourth-order valence-corrected chi connectivity index (χ4v) is 2.70. The van der Waals surface area contributed by atoms with Crippen molar-refractivity contribution in [3.8, 4) is 0 Å². The van der Waals surface area contributed by atoms with E-state index in [0.717, 1.165) is 0 Å². The van der Waals surface area contributed by atoms with Crippen LogP contribution in [0.15, 0.2) is 0 Å². The fourth-order valence-electron chi connectivity index (χ4n) is 2.70. The molecule has 0 radical (unpaired) electrons. The maximum absolute atomic E-state index is 11.3. The van der Waals surface area contributed by atoms with Crippen LogP contribution >= 0.6 is 0 Å². The van der Waals surface area contributed by atoms with E-state index < -0.39 is 42.2 Å². The van der Waals surface area contributed by atoms with Gasteiger partial charge in [0.1, 0.15) is 12.2 Å². The predicted molar refractivity (Wildman–Crippen MR) is 76.0 cm³/mol. The molecule has 4 atom stereocenters. The zero-order chi connectivity index (χ0) is 17.6. The molecule has 8 nitrogen and oxygen atoms in total. The lowest BCUT2D eigenvalue weighted by Gasteiger charge is -2.25. The molecular formula is C15H22O8. The molecule has 0 saturated heterocycles. The fraction of sp³-hybridized carbons (Fsp3) is 0.733. The van der Waals surface area contributed by atoms with Crippen LogP contribution in [0.2, 0.25) is 0 Å². The van der Waals surface area contributed by atoms with Gasteiger partial charge in [-0.25, -0.2) is 0 Å². The van der Waals surface area contributed by atoms with Gasteiger partial charge >= 0.3 is 23.9 Å². The Morgan fingerprint density at radius 2 is 1.30 bits per heavy atom. The summed E-state index contributed by atoms with van der Waals surface area (Å²) in [4.78, 5) is 44.7. The molecule has 1 aliphatic carbocycles. The minimum absolute atomic E-state index is 0.136. The molecule has 0 aromatic heterocycles. The summed E-state index contributed by atoms with van der Waals surface area (Å²) in [7, 11) is 0. The molecule has 23 heavy (non-hydrogen) atoms. The van der Waals surface area contributed by atoms with Gasteiger partial charge < -0.3 is 18.9 Å². The Labute approximate surface area is 134 Å². The molecule has 0 spiro atoms. The quantitative estimate of drug-likeness (QED) is 0.519. The maximum atomic E-state index is 11.3. The summed E-state index contributed by atoms with van der Waals surface area (Å²) in [5.41, 5.74) is 0. The second-order valence-electron chi connectivity index (χ2n) is 5.42. The topological polar surface area (TPSA) is 105 Å². The Morgan fingerprint density at radius 1 is 0.783 bits per heavy atom. The third-order valence-electron chi connectivity index (χ3n) is 3.41.